The van der Waals surface area contributed by atoms with E-state index in [9.17, 15) is 9.59 Å². The van der Waals surface area contributed by atoms with Crippen LogP contribution in [0, 0.1) is 0 Å². The largest absolute Gasteiger partial charge is 0.496 e. The number of carboxylic acids is 1. The maximum Gasteiger partial charge on any atom is 0.335 e. The maximum atomic E-state index is 12.0. The highest BCUT2D eigenvalue weighted by atomic mass is 32.2. The first-order valence-electron chi connectivity index (χ1n) is 5.62. The fraction of sp³-hybridized carbons (Fsp3) is 0.385. The molecular weight excluding hydrogens is 252 g/mol. The zero-order chi connectivity index (χ0) is 13.5. The Labute approximate surface area is 110 Å². The van der Waals surface area contributed by atoms with E-state index < -0.39 is 5.97 Å². The second kappa shape index (κ2) is 7.06. The highest BCUT2D eigenvalue weighted by molar-refractivity contribution is 7.99. The summed E-state index contributed by atoms with van der Waals surface area (Å²) < 4.78 is 5.08. The van der Waals surface area contributed by atoms with Crippen LogP contribution < -0.4 is 4.74 Å². The number of ketones is 1. The van der Waals surface area contributed by atoms with Gasteiger partial charge in [0.2, 0.25) is 0 Å². The molecule has 0 fully saturated rings. The summed E-state index contributed by atoms with van der Waals surface area (Å²) in [6.45, 7) is 2.04. The summed E-state index contributed by atoms with van der Waals surface area (Å²) in [5.74, 6) is 0.517. The van der Waals surface area contributed by atoms with Crippen molar-refractivity contribution in [2.75, 3.05) is 18.6 Å². The molecule has 0 saturated carbocycles. The number of carbonyl (C=O) groups excluding carboxylic acids is 1. The molecule has 0 aliphatic rings. The Balaban J connectivity index is 2.93. The third kappa shape index (κ3) is 3.77. The summed E-state index contributed by atoms with van der Waals surface area (Å²) in [6, 6.07) is 4.31. The Kier molecular flexibility index (Phi) is 5.71. The molecule has 1 rings (SSSR count). The zero-order valence-electron chi connectivity index (χ0n) is 10.4. The number of hydrogen-bond acceptors (Lipinski definition) is 4. The van der Waals surface area contributed by atoms with Crippen LogP contribution in [0.4, 0.5) is 0 Å². The average Bonchev–Trinajstić information content (AvgIpc) is 2.38. The van der Waals surface area contributed by atoms with Gasteiger partial charge in [-0.25, -0.2) is 4.79 Å². The molecule has 0 aliphatic carbocycles. The predicted octanol–water partition coefficient (Wildman–Crippen LogP) is 2.72. The van der Waals surface area contributed by atoms with Gasteiger partial charge < -0.3 is 9.84 Å². The molecule has 0 heterocycles. The van der Waals surface area contributed by atoms with Crippen molar-refractivity contribution in [1.82, 2.24) is 0 Å². The van der Waals surface area contributed by atoms with E-state index in [0.29, 0.717) is 17.1 Å². The van der Waals surface area contributed by atoms with Crippen LogP contribution in [-0.4, -0.2) is 35.5 Å². The van der Waals surface area contributed by atoms with Gasteiger partial charge in [-0.05, 0) is 30.4 Å². The fourth-order valence-corrected chi connectivity index (χ4v) is 2.22. The van der Waals surface area contributed by atoms with Gasteiger partial charge in [0.05, 0.1) is 24.0 Å². The molecule has 1 aromatic rings. The summed E-state index contributed by atoms with van der Waals surface area (Å²) in [7, 11) is 1.46. The Morgan fingerprint density at radius 2 is 2.11 bits per heavy atom. The number of rotatable bonds is 7. The first-order valence-corrected chi connectivity index (χ1v) is 6.77. The monoisotopic (exact) mass is 268 g/mol. The first-order chi connectivity index (χ1) is 8.60. The van der Waals surface area contributed by atoms with Crippen LogP contribution in [0.25, 0.3) is 0 Å². The van der Waals surface area contributed by atoms with Gasteiger partial charge >= 0.3 is 5.97 Å². The standard InChI is InChI=1S/C13H16O4S/c1-3-6-18-8-11(14)10-7-9(13(15)16)4-5-12(10)17-2/h4-5,7H,3,6,8H2,1-2H3,(H,15,16). The van der Waals surface area contributed by atoms with Gasteiger partial charge in [-0.15, -0.1) is 0 Å². The molecule has 0 spiro atoms. The van der Waals surface area contributed by atoms with E-state index in [0.717, 1.165) is 12.2 Å². The lowest BCUT2D eigenvalue weighted by molar-refractivity contribution is 0.0697. The molecular formula is C13H16O4S. The molecule has 4 nitrogen and oxygen atoms in total. The number of carboxylic acid groups (broad SMARTS) is 1. The molecule has 5 heteroatoms. The van der Waals surface area contributed by atoms with Crippen LogP contribution in [0.2, 0.25) is 0 Å². The lowest BCUT2D eigenvalue weighted by Crippen LogP contribution is -2.08. The minimum Gasteiger partial charge on any atom is -0.496 e. The van der Waals surface area contributed by atoms with Crippen LogP contribution >= 0.6 is 11.8 Å². The van der Waals surface area contributed by atoms with Crippen molar-refractivity contribution >= 4 is 23.5 Å². The van der Waals surface area contributed by atoms with Crippen LogP contribution in [0.15, 0.2) is 18.2 Å². The van der Waals surface area contributed by atoms with Crippen LogP contribution in [0.1, 0.15) is 34.1 Å². The molecule has 0 unspecified atom stereocenters. The number of thioether (sulfide) groups is 1. The SMILES string of the molecule is CCCSCC(=O)c1cc(C(=O)O)ccc1OC. The van der Waals surface area contributed by atoms with Crippen molar-refractivity contribution in [2.24, 2.45) is 0 Å². The van der Waals surface area contributed by atoms with Crippen molar-refractivity contribution < 1.29 is 19.4 Å². The second-order valence-corrected chi connectivity index (χ2v) is 4.80. The summed E-state index contributed by atoms with van der Waals surface area (Å²) in [6.07, 6.45) is 1.00. The molecule has 98 valence electrons. The highest BCUT2D eigenvalue weighted by Crippen LogP contribution is 2.22. The quantitative estimate of drug-likeness (QED) is 0.608. The van der Waals surface area contributed by atoms with E-state index in [2.05, 4.69) is 0 Å². The van der Waals surface area contributed by atoms with E-state index in [1.807, 2.05) is 6.92 Å². The number of aromatic carboxylic acids is 1. The number of carbonyl (C=O) groups is 2. The highest BCUT2D eigenvalue weighted by Gasteiger charge is 2.15. The van der Waals surface area contributed by atoms with Gasteiger partial charge in [0.15, 0.2) is 5.78 Å². The van der Waals surface area contributed by atoms with Gasteiger partial charge in [0.25, 0.3) is 0 Å². The average molecular weight is 268 g/mol. The minimum atomic E-state index is -1.05. The van der Waals surface area contributed by atoms with E-state index in [4.69, 9.17) is 9.84 Å². The Hall–Kier alpha value is -1.49. The molecule has 0 aliphatic heterocycles. The molecule has 18 heavy (non-hydrogen) atoms. The van der Waals surface area contributed by atoms with Crippen molar-refractivity contribution in [3.8, 4) is 5.75 Å². The lowest BCUT2D eigenvalue weighted by Gasteiger charge is -2.08. The normalized spacial score (nSPS) is 10.1. The molecule has 0 atom stereocenters. The summed E-state index contributed by atoms with van der Waals surface area (Å²) in [5, 5.41) is 8.91. The molecule has 1 N–H and O–H groups in total. The van der Waals surface area contributed by atoms with E-state index in [1.54, 1.807) is 0 Å². The Bertz CT molecular complexity index is 443. The first kappa shape index (κ1) is 14.6. The zero-order valence-corrected chi connectivity index (χ0v) is 11.3. The van der Waals surface area contributed by atoms with E-state index in [1.165, 1.54) is 37.1 Å². The smallest absolute Gasteiger partial charge is 0.335 e. The molecule has 0 amide bonds. The summed E-state index contributed by atoms with van der Waals surface area (Å²) >= 11 is 1.54. The number of ether oxygens (including phenoxy) is 1. The summed E-state index contributed by atoms with van der Waals surface area (Å²) in [5.41, 5.74) is 0.431. The third-order valence-corrected chi connectivity index (χ3v) is 3.49. The topological polar surface area (TPSA) is 63.6 Å². The fourth-order valence-electron chi connectivity index (χ4n) is 1.45. The van der Waals surface area contributed by atoms with Crippen LogP contribution in [0.3, 0.4) is 0 Å². The molecule has 0 radical (unpaired) electrons. The number of hydrogen-bond donors (Lipinski definition) is 1. The minimum absolute atomic E-state index is 0.0969. The maximum absolute atomic E-state index is 12.0. The van der Waals surface area contributed by atoms with Crippen LogP contribution in [-0.2, 0) is 0 Å². The lowest BCUT2D eigenvalue weighted by atomic mass is 10.1. The number of benzene rings is 1. The molecule has 0 aromatic heterocycles. The Morgan fingerprint density at radius 1 is 1.39 bits per heavy atom. The third-order valence-electron chi connectivity index (χ3n) is 2.33. The second-order valence-electron chi connectivity index (χ2n) is 3.70. The van der Waals surface area contributed by atoms with Crippen molar-refractivity contribution in [2.45, 2.75) is 13.3 Å². The van der Waals surface area contributed by atoms with Crippen LogP contribution in [0.5, 0.6) is 5.75 Å². The summed E-state index contributed by atoms with van der Waals surface area (Å²) in [4.78, 5) is 22.9. The van der Waals surface area contributed by atoms with Gasteiger partial charge in [-0.2, -0.15) is 11.8 Å². The van der Waals surface area contributed by atoms with Gasteiger partial charge in [-0.1, -0.05) is 6.92 Å². The molecule has 0 bridgehead atoms. The number of Topliss-reactive ketones (excluding diaryl/α,β-unsaturated/α-hetero) is 1. The van der Waals surface area contributed by atoms with Crippen molar-refractivity contribution in [3.05, 3.63) is 29.3 Å². The predicted molar refractivity (Wildman–Crippen MR) is 71.9 cm³/mol. The van der Waals surface area contributed by atoms with Gasteiger partial charge in [0, 0.05) is 0 Å². The van der Waals surface area contributed by atoms with Crippen molar-refractivity contribution in [1.29, 1.82) is 0 Å². The Morgan fingerprint density at radius 3 is 2.67 bits per heavy atom. The van der Waals surface area contributed by atoms with E-state index in [-0.39, 0.29) is 11.3 Å². The van der Waals surface area contributed by atoms with Gasteiger partial charge in [0.1, 0.15) is 5.75 Å². The molecule has 1 aromatic carbocycles. The van der Waals surface area contributed by atoms with Crippen molar-refractivity contribution in [3.63, 3.8) is 0 Å². The number of methoxy groups -OCH3 is 1. The van der Waals surface area contributed by atoms with Gasteiger partial charge in [-0.3, -0.25) is 4.79 Å². The van der Waals surface area contributed by atoms with E-state index >= 15 is 0 Å². The molecule has 0 saturated heterocycles.